The second-order valence-corrected chi connectivity index (χ2v) is 3.11. The van der Waals surface area contributed by atoms with E-state index < -0.39 is 0 Å². The first kappa shape index (κ1) is 11.0. The Hall–Kier alpha value is -1.06. The first-order valence-electron chi connectivity index (χ1n) is 4.67. The van der Waals surface area contributed by atoms with Crippen molar-refractivity contribution in [1.29, 1.82) is 0 Å². The van der Waals surface area contributed by atoms with Gasteiger partial charge in [0.15, 0.2) is 0 Å². The molecular formula is C11H16O3. The van der Waals surface area contributed by atoms with Crippen molar-refractivity contribution in [3.63, 3.8) is 0 Å². The Kier molecular flexibility index (Phi) is 3.92. The maximum Gasteiger partial charge on any atom is 0.125 e. The molecule has 3 heteroatoms. The molecule has 0 aliphatic rings. The molecule has 0 saturated carbocycles. The van der Waals surface area contributed by atoms with Crippen LogP contribution < -0.4 is 4.74 Å². The molecule has 2 N–H and O–H groups in total. The van der Waals surface area contributed by atoms with E-state index in [1.165, 1.54) is 0 Å². The lowest BCUT2D eigenvalue weighted by Crippen LogP contribution is -2.00. The predicted octanol–water partition coefficient (Wildman–Crippen LogP) is 1.24. The summed E-state index contributed by atoms with van der Waals surface area (Å²) in [7, 11) is 1.56. The molecule has 0 amide bonds. The van der Waals surface area contributed by atoms with Crippen LogP contribution in [0.5, 0.6) is 5.75 Å². The van der Waals surface area contributed by atoms with Gasteiger partial charge in [-0.3, -0.25) is 0 Å². The summed E-state index contributed by atoms with van der Waals surface area (Å²) in [4.78, 5) is 0. The van der Waals surface area contributed by atoms with Crippen LogP contribution in [0.25, 0.3) is 0 Å². The molecule has 0 unspecified atom stereocenters. The highest BCUT2D eigenvalue weighted by molar-refractivity contribution is 5.43. The van der Waals surface area contributed by atoms with Crippen LogP contribution in [0.1, 0.15) is 23.6 Å². The van der Waals surface area contributed by atoms with E-state index >= 15 is 0 Å². The molecule has 14 heavy (non-hydrogen) atoms. The molecule has 0 atom stereocenters. The topological polar surface area (TPSA) is 49.7 Å². The van der Waals surface area contributed by atoms with Crippen LogP contribution in [0.3, 0.4) is 0 Å². The summed E-state index contributed by atoms with van der Waals surface area (Å²) < 4.78 is 5.15. The molecule has 1 rings (SSSR count). The largest absolute Gasteiger partial charge is 0.496 e. The lowest BCUT2D eigenvalue weighted by molar-refractivity contribution is 0.254. The van der Waals surface area contributed by atoms with Gasteiger partial charge in [-0.2, -0.15) is 0 Å². The maximum absolute atomic E-state index is 9.13. The van der Waals surface area contributed by atoms with Gasteiger partial charge in [-0.15, -0.1) is 0 Å². The first-order valence-corrected chi connectivity index (χ1v) is 4.67. The van der Waals surface area contributed by atoms with Gasteiger partial charge in [0.2, 0.25) is 0 Å². The standard InChI is InChI=1S/C11H16O3/c1-3-8-4-9(6-12)10(7-13)11(5-8)14-2/h4-5,12-13H,3,6-7H2,1-2H3. The monoisotopic (exact) mass is 196 g/mol. The van der Waals surface area contributed by atoms with E-state index in [9.17, 15) is 0 Å². The highest BCUT2D eigenvalue weighted by Gasteiger charge is 2.09. The normalized spacial score (nSPS) is 10.3. The minimum atomic E-state index is -0.108. The predicted molar refractivity (Wildman–Crippen MR) is 54.2 cm³/mol. The molecule has 0 radical (unpaired) electrons. The molecule has 0 fully saturated rings. The van der Waals surface area contributed by atoms with Crippen LogP contribution in [-0.4, -0.2) is 17.3 Å². The number of ether oxygens (including phenoxy) is 1. The summed E-state index contributed by atoms with van der Waals surface area (Å²) in [5.41, 5.74) is 2.51. The van der Waals surface area contributed by atoms with Crippen LogP contribution in [0.4, 0.5) is 0 Å². The van der Waals surface area contributed by atoms with Crippen molar-refractivity contribution < 1.29 is 14.9 Å². The van der Waals surface area contributed by atoms with Crippen LogP contribution in [-0.2, 0) is 19.6 Å². The van der Waals surface area contributed by atoms with E-state index in [1.807, 2.05) is 19.1 Å². The minimum absolute atomic E-state index is 0.0694. The summed E-state index contributed by atoms with van der Waals surface area (Å²) in [6.45, 7) is 1.86. The number of benzene rings is 1. The van der Waals surface area contributed by atoms with Crippen molar-refractivity contribution in [3.05, 3.63) is 28.8 Å². The number of rotatable bonds is 4. The third-order valence-electron chi connectivity index (χ3n) is 2.32. The Bertz CT molecular complexity index is 282. The van der Waals surface area contributed by atoms with Crippen LogP contribution in [0.2, 0.25) is 0 Å². The van der Waals surface area contributed by atoms with Crippen molar-refractivity contribution in [3.8, 4) is 5.75 Å². The van der Waals surface area contributed by atoms with Gasteiger partial charge in [-0.1, -0.05) is 13.0 Å². The lowest BCUT2D eigenvalue weighted by Gasteiger charge is -2.12. The molecule has 0 aromatic heterocycles. The SMILES string of the molecule is CCc1cc(CO)c(CO)c(OC)c1. The zero-order valence-electron chi connectivity index (χ0n) is 8.58. The number of methoxy groups -OCH3 is 1. The molecule has 3 nitrogen and oxygen atoms in total. The van der Waals surface area contributed by atoms with Gasteiger partial charge in [-0.25, -0.2) is 0 Å². The molecule has 0 bridgehead atoms. The molecule has 1 aromatic rings. The van der Waals surface area contributed by atoms with Gasteiger partial charge >= 0.3 is 0 Å². The Labute approximate surface area is 84.0 Å². The van der Waals surface area contributed by atoms with Crippen molar-refractivity contribution in [1.82, 2.24) is 0 Å². The molecular weight excluding hydrogens is 180 g/mol. The fourth-order valence-corrected chi connectivity index (χ4v) is 1.47. The molecule has 1 aromatic carbocycles. The Morgan fingerprint density at radius 3 is 2.36 bits per heavy atom. The van der Waals surface area contributed by atoms with E-state index in [-0.39, 0.29) is 13.2 Å². The quantitative estimate of drug-likeness (QED) is 0.761. The minimum Gasteiger partial charge on any atom is -0.496 e. The van der Waals surface area contributed by atoms with E-state index in [0.29, 0.717) is 11.3 Å². The average molecular weight is 196 g/mol. The fourth-order valence-electron chi connectivity index (χ4n) is 1.47. The number of hydrogen-bond acceptors (Lipinski definition) is 3. The van der Waals surface area contributed by atoms with Gasteiger partial charge < -0.3 is 14.9 Å². The van der Waals surface area contributed by atoms with Crippen LogP contribution in [0.15, 0.2) is 12.1 Å². The summed E-state index contributed by atoms with van der Waals surface area (Å²) in [6.07, 6.45) is 0.884. The van der Waals surface area contributed by atoms with Crippen molar-refractivity contribution in [2.75, 3.05) is 7.11 Å². The fraction of sp³-hybridized carbons (Fsp3) is 0.455. The van der Waals surface area contributed by atoms with Crippen molar-refractivity contribution in [2.24, 2.45) is 0 Å². The van der Waals surface area contributed by atoms with Gasteiger partial charge in [0.1, 0.15) is 5.75 Å². The molecule has 0 spiro atoms. The van der Waals surface area contributed by atoms with E-state index in [1.54, 1.807) is 7.11 Å². The van der Waals surface area contributed by atoms with Gasteiger partial charge in [-0.05, 0) is 23.6 Å². The maximum atomic E-state index is 9.13. The third kappa shape index (κ3) is 2.05. The molecule has 0 aliphatic heterocycles. The number of aliphatic hydroxyl groups excluding tert-OH is 2. The third-order valence-corrected chi connectivity index (χ3v) is 2.32. The zero-order chi connectivity index (χ0) is 10.6. The zero-order valence-corrected chi connectivity index (χ0v) is 8.58. The number of aliphatic hydroxyl groups is 2. The number of aryl methyl sites for hydroxylation is 1. The molecule has 0 heterocycles. The van der Waals surface area contributed by atoms with E-state index in [0.717, 1.165) is 17.5 Å². The molecule has 0 aliphatic carbocycles. The summed E-state index contributed by atoms with van der Waals surface area (Å²) >= 11 is 0. The molecule has 0 saturated heterocycles. The summed E-state index contributed by atoms with van der Waals surface area (Å²) in [5.74, 6) is 0.649. The van der Waals surface area contributed by atoms with Crippen molar-refractivity contribution in [2.45, 2.75) is 26.6 Å². The second kappa shape index (κ2) is 4.98. The molecule has 78 valence electrons. The highest BCUT2D eigenvalue weighted by atomic mass is 16.5. The Morgan fingerprint density at radius 2 is 1.93 bits per heavy atom. The number of hydrogen-bond donors (Lipinski definition) is 2. The highest BCUT2D eigenvalue weighted by Crippen LogP contribution is 2.25. The van der Waals surface area contributed by atoms with Crippen LogP contribution >= 0.6 is 0 Å². The van der Waals surface area contributed by atoms with Gasteiger partial charge in [0.05, 0.1) is 20.3 Å². The summed E-state index contributed by atoms with van der Waals surface area (Å²) in [5, 5.41) is 18.3. The second-order valence-electron chi connectivity index (χ2n) is 3.11. The summed E-state index contributed by atoms with van der Waals surface area (Å²) in [6, 6.07) is 3.79. The smallest absolute Gasteiger partial charge is 0.125 e. The Morgan fingerprint density at radius 1 is 1.21 bits per heavy atom. The van der Waals surface area contributed by atoms with Crippen LogP contribution in [0, 0.1) is 0 Å². The lowest BCUT2D eigenvalue weighted by atomic mass is 10.0. The van der Waals surface area contributed by atoms with Gasteiger partial charge in [0, 0.05) is 5.56 Å². The first-order chi connectivity index (χ1) is 6.76. The van der Waals surface area contributed by atoms with Gasteiger partial charge in [0.25, 0.3) is 0 Å². The van der Waals surface area contributed by atoms with E-state index in [2.05, 4.69) is 0 Å². The average Bonchev–Trinajstić information content (AvgIpc) is 2.26. The van der Waals surface area contributed by atoms with Crippen molar-refractivity contribution >= 4 is 0 Å². The van der Waals surface area contributed by atoms with E-state index in [4.69, 9.17) is 14.9 Å². The Balaban J connectivity index is 3.24.